The smallest absolute Gasteiger partial charge is 0.278 e. The van der Waals surface area contributed by atoms with Crippen molar-refractivity contribution in [3.63, 3.8) is 0 Å². The predicted octanol–water partition coefficient (Wildman–Crippen LogP) is 4.53. The van der Waals surface area contributed by atoms with Crippen molar-refractivity contribution in [2.75, 3.05) is 7.11 Å². The number of aromatic nitrogens is 4. The highest BCUT2D eigenvalue weighted by Crippen LogP contribution is 2.31. The van der Waals surface area contributed by atoms with Crippen LogP contribution in [0.1, 0.15) is 17.4 Å². The Morgan fingerprint density at radius 2 is 1.97 bits per heavy atom. The monoisotopic (exact) mass is 408 g/mol. The molecule has 0 bridgehead atoms. The van der Waals surface area contributed by atoms with E-state index in [1.165, 1.54) is 0 Å². The predicted molar refractivity (Wildman–Crippen MR) is 106 cm³/mol. The molecule has 3 heterocycles. The molecule has 1 unspecified atom stereocenters. The van der Waals surface area contributed by atoms with E-state index in [9.17, 15) is 0 Å². The zero-order valence-electron chi connectivity index (χ0n) is 15.6. The second-order valence-electron chi connectivity index (χ2n) is 6.68. The van der Waals surface area contributed by atoms with Crippen LogP contribution in [0.3, 0.4) is 0 Å². The van der Waals surface area contributed by atoms with Gasteiger partial charge in [0.05, 0.1) is 31.5 Å². The summed E-state index contributed by atoms with van der Waals surface area (Å²) >= 11 is 5.98. The Kier molecular flexibility index (Phi) is 4.54. The third-order valence-corrected chi connectivity index (χ3v) is 5.12. The number of fused-ring (bicyclic) bond motifs is 1. The van der Waals surface area contributed by atoms with Crippen LogP contribution in [0.2, 0.25) is 5.02 Å². The fourth-order valence-electron chi connectivity index (χ4n) is 3.38. The maximum atomic E-state index is 6.00. The van der Waals surface area contributed by atoms with Crippen LogP contribution < -0.4 is 4.74 Å². The molecule has 29 heavy (non-hydrogen) atoms. The van der Waals surface area contributed by atoms with Gasteiger partial charge in [-0.1, -0.05) is 41.0 Å². The minimum Gasteiger partial charge on any atom is -0.496 e. The lowest BCUT2D eigenvalue weighted by atomic mass is 10.1. The first kappa shape index (κ1) is 17.9. The number of nitrogens with zero attached hydrogens (tertiary/aromatic N) is 4. The number of benzene rings is 2. The second-order valence-corrected chi connectivity index (χ2v) is 7.11. The van der Waals surface area contributed by atoms with Crippen LogP contribution in [0, 0.1) is 0 Å². The van der Waals surface area contributed by atoms with Crippen LogP contribution >= 0.6 is 11.6 Å². The minimum atomic E-state index is -0.0839. The molecule has 1 aliphatic heterocycles. The van der Waals surface area contributed by atoms with Gasteiger partial charge in [-0.2, -0.15) is 10.1 Å². The van der Waals surface area contributed by atoms with Gasteiger partial charge < -0.3 is 14.0 Å². The summed E-state index contributed by atoms with van der Waals surface area (Å²) < 4.78 is 18.8. The molecule has 2 aromatic heterocycles. The zero-order chi connectivity index (χ0) is 19.8. The number of rotatable bonds is 4. The van der Waals surface area contributed by atoms with Gasteiger partial charge in [-0.3, -0.25) is 4.68 Å². The molecule has 0 spiro atoms. The van der Waals surface area contributed by atoms with Crippen molar-refractivity contribution >= 4 is 11.6 Å². The van der Waals surface area contributed by atoms with Crippen molar-refractivity contribution in [2.24, 2.45) is 0 Å². The van der Waals surface area contributed by atoms with E-state index in [-0.39, 0.29) is 6.10 Å². The molecule has 146 valence electrons. The van der Waals surface area contributed by atoms with Crippen LogP contribution in [0.4, 0.5) is 0 Å². The molecule has 0 amide bonds. The van der Waals surface area contributed by atoms with Crippen LogP contribution in [0.15, 0.2) is 59.1 Å². The Balaban J connectivity index is 1.41. The lowest BCUT2D eigenvalue weighted by Gasteiger charge is -2.24. The van der Waals surface area contributed by atoms with Crippen molar-refractivity contribution in [2.45, 2.75) is 19.3 Å². The number of ether oxygens (including phenoxy) is 2. The molecule has 0 N–H and O–H groups in total. The Morgan fingerprint density at radius 3 is 2.79 bits per heavy atom. The molecule has 2 aromatic carbocycles. The van der Waals surface area contributed by atoms with Crippen molar-refractivity contribution in [1.29, 1.82) is 0 Å². The first-order valence-electron chi connectivity index (χ1n) is 9.12. The molecule has 7 nitrogen and oxygen atoms in total. The SMILES string of the molecule is COc1ccccc1-c1noc(-c2cc3n(n2)CC(c2ccc(Cl)cc2)OC3)n1. The van der Waals surface area contributed by atoms with Crippen LogP contribution in [0.25, 0.3) is 23.0 Å². The maximum absolute atomic E-state index is 6.00. The van der Waals surface area contributed by atoms with E-state index in [2.05, 4.69) is 15.2 Å². The molecule has 5 rings (SSSR count). The van der Waals surface area contributed by atoms with Crippen molar-refractivity contribution in [1.82, 2.24) is 19.9 Å². The first-order valence-corrected chi connectivity index (χ1v) is 9.50. The highest BCUT2D eigenvalue weighted by molar-refractivity contribution is 6.30. The third-order valence-electron chi connectivity index (χ3n) is 4.87. The maximum Gasteiger partial charge on any atom is 0.278 e. The fraction of sp³-hybridized carbons (Fsp3) is 0.190. The summed E-state index contributed by atoms with van der Waals surface area (Å²) in [7, 11) is 1.61. The Morgan fingerprint density at radius 1 is 1.14 bits per heavy atom. The Hall–Kier alpha value is -3.16. The van der Waals surface area contributed by atoms with Crippen LogP contribution in [-0.2, 0) is 17.9 Å². The van der Waals surface area contributed by atoms with Gasteiger partial charge in [-0.05, 0) is 35.9 Å². The summed E-state index contributed by atoms with van der Waals surface area (Å²) in [6, 6.07) is 17.1. The van der Waals surface area contributed by atoms with E-state index < -0.39 is 0 Å². The summed E-state index contributed by atoms with van der Waals surface area (Å²) in [6.07, 6.45) is -0.0839. The first-order chi connectivity index (χ1) is 14.2. The summed E-state index contributed by atoms with van der Waals surface area (Å²) in [6.45, 7) is 1.05. The van der Waals surface area contributed by atoms with Gasteiger partial charge in [0, 0.05) is 5.02 Å². The molecule has 8 heteroatoms. The van der Waals surface area contributed by atoms with Gasteiger partial charge in [-0.25, -0.2) is 0 Å². The average molecular weight is 409 g/mol. The van der Waals surface area contributed by atoms with Gasteiger partial charge in [0.1, 0.15) is 11.9 Å². The van der Waals surface area contributed by atoms with Crippen LogP contribution in [-0.4, -0.2) is 27.0 Å². The number of hydrogen-bond donors (Lipinski definition) is 0. The van der Waals surface area contributed by atoms with Crippen molar-refractivity contribution in [3.8, 4) is 28.7 Å². The molecule has 0 saturated heterocycles. The van der Waals surface area contributed by atoms with Gasteiger partial charge in [-0.15, -0.1) is 0 Å². The number of halogens is 1. The molecular formula is C21H17ClN4O3. The van der Waals surface area contributed by atoms with E-state index in [1.54, 1.807) is 7.11 Å². The van der Waals surface area contributed by atoms with E-state index in [1.807, 2.05) is 59.3 Å². The quantitative estimate of drug-likeness (QED) is 0.493. The van der Waals surface area contributed by atoms with Gasteiger partial charge >= 0.3 is 0 Å². The standard InChI is InChI=1S/C21H17ClN4O3/c1-27-18-5-3-2-4-16(18)20-23-21(29-25-20)17-10-15-12-28-19(11-26(15)24-17)13-6-8-14(22)9-7-13/h2-10,19H,11-12H2,1H3. The normalized spacial score (nSPS) is 15.9. The Bertz CT molecular complexity index is 1150. The molecule has 1 aliphatic rings. The number of para-hydroxylation sites is 1. The average Bonchev–Trinajstić information content (AvgIpc) is 3.41. The minimum absolute atomic E-state index is 0.0839. The van der Waals surface area contributed by atoms with E-state index in [4.69, 9.17) is 25.6 Å². The van der Waals surface area contributed by atoms with E-state index in [0.717, 1.165) is 16.8 Å². The second kappa shape index (κ2) is 7.35. The molecule has 0 radical (unpaired) electrons. The third kappa shape index (κ3) is 3.39. The lowest BCUT2D eigenvalue weighted by Crippen LogP contribution is -2.21. The van der Waals surface area contributed by atoms with Gasteiger partial charge in [0.25, 0.3) is 5.89 Å². The summed E-state index contributed by atoms with van der Waals surface area (Å²) in [5.74, 6) is 1.50. The molecule has 0 saturated carbocycles. The van der Waals surface area contributed by atoms with E-state index in [0.29, 0.717) is 41.3 Å². The summed E-state index contributed by atoms with van der Waals surface area (Å²) in [5, 5.41) is 9.44. The van der Waals surface area contributed by atoms with Crippen LogP contribution in [0.5, 0.6) is 5.75 Å². The number of methoxy groups -OCH3 is 1. The van der Waals surface area contributed by atoms with Gasteiger partial charge in [0.2, 0.25) is 5.82 Å². The lowest BCUT2D eigenvalue weighted by molar-refractivity contribution is -0.00112. The highest BCUT2D eigenvalue weighted by Gasteiger charge is 2.24. The summed E-state index contributed by atoms with van der Waals surface area (Å²) in [5.41, 5.74) is 3.41. The van der Waals surface area contributed by atoms with E-state index >= 15 is 0 Å². The fourth-order valence-corrected chi connectivity index (χ4v) is 3.50. The zero-order valence-corrected chi connectivity index (χ0v) is 16.3. The van der Waals surface area contributed by atoms with Crippen molar-refractivity contribution < 1.29 is 14.0 Å². The molecule has 0 fully saturated rings. The Labute approximate surface area is 171 Å². The number of hydrogen-bond acceptors (Lipinski definition) is 6. The summed E-state index contributed by atoms with van der Waals surface area (Å²) in [4.78, 5) is 4.50. The molecule has 1 atom stereocenters. The van der Waals surface area contributed by atoms with Crippen molar-refractivity contribution in [3.05, 3.63) is 70.9 Å². The van der Waals surface area contributed by atoms with Gasteiger partial charge in [0.15, 0.2) is 5.69 Å². The molecule has 0 aliphatic carbocycles. The largest absolute Gasteiger partial charge is 0.496 e. The highest BCUT2D eigenvalue weighted by atomic mass is 35.5. The topological polar surface area (TPSA) is 75.2 Å². The molecular weight excluding hydrogens is 392 g/mol. The molecule has 4 aromatic rings.